The van der Waals surface area contributed by atoms with Gasteiger partial charge >= 0.3 is 12.0 Å². The van der Waals surface area contributed by atoms with E-state index in [2.05, 4.69) is 14.8 Å². The van der Waals surface area contributed by atoms with Gasteiger partial charge in [-0.1, -0.05) is 0 Å². The van der Waals surface area contributed by atoms with Crippen molar-refractivity contribution in [1.29, 1.82) is 0 Å². The topological polar surface area (TPSA) is 93.7 Å². The van der Waals surface area contributed by atoms with Gasteiger partial charge in [0.1, 0.15) is 0 Å². The zero-order valence-corrected chi connectivity index (χ0v) is 7.54. The number of urea groups is 1. The normalized spacial score (nSPS) is 18.4. The van der Waals surface area contributed by atoms with E-state index in [1.54, 1.807) is 0 Å². The lowest BCUT2D eigenvalue weighted by molar-refractivity contribution is -0.140. The summed E-state index contributed by atoms with van der Waals surface area (Å²) < 4.78 is 8.98. The smallest absolute Gasteiger partial charge is 0.375 e. The molecule has 14 heavy (non-hydrogen) atoms. The summed E-state index contributed by atoms with van der Waals surface area (Å²) in [7, 11) is 2.33. The van der Waals surface area contributed by atoms with Gasteiger partial charge in [-0.2, -0.15) is 0 Å². The average molecular weight is 200 g/mol. The number of esters is 1. The summed E-state index contributed by atoms with van der Waals surface area (Å²) in [6.07, 6.45) is 0. The number of rotatable bonds is 2. The molecule has 1 aliphatic rings. The predicted octanol–water partition coefficient (Wildman–Crippen LogP) is -1.14. The predicted molar refractivity (Wildman–Crippen MR) is 42.7 cm³/mol. The van der Waals surface area contributed by atoms with Crippen molar-refractivity contribution in [1.82, 2.24) is 10.6 Å². The Labute approximate surface area is 79.0 Å². The van der Waals surface area contributed by atoms with Crippen LogP contribution in [0.4, 0.5) is 4.79 Å². The second-order valence-electron chi connectivity index (χ2n) is 2.31. The first kappa shape index (κ1) is 10.0. The maximum Gasteiger partial charge on any atom is 0.375 e. The van der Waals surface area contributed by atoms with Gasteiger partial charge in [-0.05, 0) is 0 Å². The SMILES string of the molecule is COC(=O)C(OC)=C1NC(=O)NC1=O. The van der Waals surface area contributed by atoms with Crippen LogP contribution in [0, 0.1) is 0 Å². The molecule has 0 atom stereocenters. The zero-order valence-electron chi connectivity index (χ0n) is 7.54. The Kier molecular flexibility index (Phi) is 2.70. The fourth-order valence-electron chi connectivity index (χ4n) is 0.907. The van der Waals surface area contributed by atoms with E-state index in [0.29, 0.717) is 0 Å². The molecule has 76 valence electrons. The first-order valence-electron chi connectivity index (χ1n) is 3.59. The summed E-state index contributed by atoms with van der Waals surface area (Å²) >= 11 is 0. The van der Waals surface area contributed by atoms with E-state index < -0.39 is 17.9 Å². The summed E-state index contributed by atoms with van der Waals surface area (Å²) in [5, 5.41) is 4.05. The molecule has 0 spiro atoms. The first-order chi connectivity index (χ1) is 6.60. The van der Waals surface area contributed by atoms with Crippen molar-refractivity contribution in [2.45, 2.75) is 0 Å². The molecule has 1 fully saturated rings. The Hall–Kier alpha value is -2.05. The summed E-state index contributed by atoms with van der Waals surface area (Å²) in [6.45, 7) is 0. The van der Waals surface area contributed by atoms with Gasteiger partial charge in [-0.15, -0.1) is 0 Å². The highest BCUT2D eigenvalue weighted by Gasteiger charge is 2.31. The Balaban J connectivity index is 3.06. The van der Waals surface area contributed by atoms with Gasteiger partial charge in [0.25, 0.3) is 5.91 Å². The van der Waals surface area contributed by atoms with Crippen LogP contribution in [0.25, 0.3) is 0 Å². The van der Waals surface area contributed by atoms with Gasteiger partial charge in [0.15, 0.2) is 5.70 Å². The van der Waals surface area contributed by atoms with E-state index in [0.717, 1.165) is 7.11 Å². The summed E-state index contributed by atoms with van der Waals surface area (Å²) in [4.78, 5) is 32.8. The molecule has 0 aromatic carbocycles. The Morgan fingerprint density at radius 2 is 1.79 bits per heavy atom. The third kappa shape index (κ3) is 1.65. The molecule has 0 saturated carbocycles. The monoisotopic (exact) mass is 200 g/mol. The average Bonchev–Trinajstić information content (AvgIpc) is 2.47. The van der Waals surface area contributed by atoms with Crippen molar-refractivity contribution in [2.24, 2.45) is 0 Å². The number of carbonyl (C=O) groups excluding carboxylic acids is 3. The number of ether oxygens (including phenoxy) is 2. The zero-order chi connectivity index (χ0) is 10.7. The second-order valence-corrected chi connectivity index (χ2v) is 2.31. The molecule has 1 saturated heterocycles. The van der Waals surface area contributed by atoms with Gasteiger partial charge in [-0.25, -0.2) is 9.59 Å². The number of imide groups is 1. The molecule has 7 heteroatoms. The minimum absolute atomic E-state index is 0.246. The van der Waals surface area contributed by atoms with Gasteiger partial charge in [0.2, 0.25) is 5.76 Å². The fourth-order valence-corrected chi connectivity index (χ4v) is 0.907. The van der Waals surface area contributed by atoms with Crippen LogP contribution < -0.4 is 10.6 Å². The number of methoxy groups -OCH3 is 2. The third-order valence-corrected chi connectivity index (χ3v) is 1.49. The number of hydrogen-bond donors (Lipinski definition) is 2. The van der Waals surface area contributed by atoms with E-state index >= 15 is 0 Å². The molecule has 3 amide bonds. The van der Waals surface area contributed by atoms with Crippen molar-refractivity contribution >= 4 is 17.9 Å². The van der Waals surface area contributed by atoms with Gasteiger partial charge in [-0.3, -0.25) is 15.4 Å². The number of nitrogens with one attached hydrogen (secondary N) is 2. The highest BCUT2D eigenvalue weighted by atomic mass is 16.6. The van der Waals surface area contributed by atoms with Crippen LogP contribution in [0.2, 0.25) is 0 Å². The molecule has 0 unspecified atom stereocenters. The largest absolute Gasteiger partial charge is 0.488 e. The van der Waals surface area contributed by atoms with Crippen molar-refractivity contribution in [3.8, 4) is 0 Å². The number of carbonyl (C=O) groups is 3. The van der Waals surface area contributed by atoms with E-state index in [-0.39, 0.29) is 11.5 Å². The van der Waals surface area contributed by atoms with Gasteiger partial charge in [0.05, 0.1) is 14.2 Å². The number of hydrogen-bond acceptors (Lipinski definition) is 5. The molecule has 0 aromatic heterocycles. The lowest BCUT2D eigenvalue weighted by Gasteiger charge is -2.04. The summed E-state index contributed by atoms with van der Waals surface area (Å²) in [5.74, 6) is -1.90. The van der Waals surface area contributed by atoms with Crippen molar-refractivity contribution in [2.75, 3.05) is 14.2 Å². The highest BCUT2D eigenvalue weighted by Crippen LogP contribution is 2.08. The lowest BCUT2D eigenvalue weighted by Crippen LogP contribution is -2.22. The molecular weight excluding hydrogens is 192 g/mol. The molecular formula is C7H8N2O5. The molecule has 0 radical (unpaired) electrons. The van der Waals surface area contributed by atoms with Crippen LogP contribution in [0.15, 0.2) is 11.5 Å². The Bertz CT molecular complexity index is 333. The summed E-state index contributed by atoms with van der Waals surface area (Å²) in [5.41, 5.74) is -0.246. The standard InChI is InChI=1S/C7H8N2O5/c1-13-4(6(11)14-2)3-5(10)9-7(12)8-3/h1-2H3,(H2,8,9,10,12). The van der Waals surface area contributed by atoms with Crippen LogP contribution in [-0.2, 0) is 19.1 Å². The van der Waals surface area contributed by atoms with Crippen LogP contribution in [0.3, 0.4) is 0 Å². The second kappa shape index (κ2) is 3.77. The van der Waals surface area contributed by atoms with Crippen LogP contribution in [-0.4, -0.2) is 32.1 Å². The van der Waals surface area contributed by atoms with Gasteiger partial charge in [0, 0.05) is 0 Å². The van der Waals surface area contributed by atoms with E-state index in [1.165, 1.54) is 7.11 Å². The minimum atomic E-state index is -0.833. The molecule has 0 bridgehead atoms. The van der Waals surface area contributed by atoms with Crippen LogP contribution >= 0.6 is 0 Å². The lowest BCUT2D eigenvalue weighted by atomic mass is 10.3. The van der Waals surface area contributed by atoms with E-state index in [1.807, 2.05) is 5.32 Å². The van der Waals surface area contributed by atoms with E-state index in [4.69, 9.17) is 0 Å². The molecule has 0 aromatic rings. The highest BCUT2D eigenvalue weighted by molar-refractivity contribution is 6.14. The van der Waals surface area contributed by atoms with Gasteiger partial charge < -0.3 is 9.47 Å². The minimum Gasteiger partial charge on any atom is -0.488 e. The Morgan fingerprint density at radius 1 is 1.14 bits per heavy atom. The van der Waals surface area contributed by atoms with Crippen LogP contribution in [0.5, 0.6) is 0 Å². The number of amides is 3. The molecule has 2 N–H and O–H groups in total. The maximum atomic E-state index is 11.1. The molecule has 7 nitrogen and oxygen atoms in total. The van der Waals surface area contributed by atoms with Crippen molar-refractivity contribution < 1.29 is 23.9 Å². The maximum absolute atomic E-state index is 11.1. The van der Waals surface area contributed by atoms with Crippen molar-refractivity contribution in [3.63, 3.8) is 0 Å². The molecule has 1 heterocycles. The van der Waals surface area contributed by atoms with Crippen LogP contribution in [0.1, 0.15) is 0 Å². The molecule has 0 aliphatic carbocycles. The van der Waals surface area contributed by atoms with Crippen molar-refractivity contribution in [3.05, 3.63) is 11.5 Å². The third-order valence-electron chi connectivity index (χ3n) is 1.49. The quantitative estimate of drug-likeness (QED) is 0.254. The Morgan fingerprint density at radius 3 is 2.14 bits per heavy atom. The first-order valence-corrected chi connectivity index (χ1v) is 3.59. The fraction of sp³-hybridized carbons (Fsp3) is 0.286. The summed E-state index contributed by atoms with van der Waals surface area (Å²) in [6, 6.07) is -0.705. The molecule has 1 rings (SSSR count). The molecule has 1 aliphatic heterocycles. The van der Waals surface area contributed by atoms with E-state index in [9.17, 15) is 14.4 Å².